The van der Waals surface area contributed by atoms with E-state index in [1.165, 1.54) is 69.1 Å². The molecule has 0 radical (unpaired) electrons. The molecule has 0 bridgehead atoms. The molecule has 0 aromatic heterocycles. The van der Waals surface area contributed by atoms with Crippen LogP contribution in [0.5, 0.6) is 17.2 Å². The first-order chi connectivity index (χ1) is 28.9. The summed E-state index contributed by atoms with van der Waals surface area (Å²) in [7, 11) is 0. The van der Waals surface area contributed by atoms with Gasteiger partial charge in [-0.05, 0) is 199 Å². The molecule has 0 N–H and O–H groups in total. The average molecular weight is 811 g/mol. The van der Waals surface area contributed by atoms with Crippen LogP contribution < -0.4 is 14.2 Å². The van der Waals surface area contributed by atoms with Crippen LogP contribution in [-0.2, 0) is 23.8 Å². The minimum Gasteiger partial charge on any atom is -0.494 e. The molecule has 8 heteroatoms. The molecule has 2 fully saturated rings. The van der Waals surface area contributed by atoms with Crippen molar-refractivity contribution in [2.24, 2.45) is 23.7 Å². The van der Waals surface area contributed by atoms with Gasteiger partial charge in [0.05, 0.1) is 39.6 Å². The predicted octanol–water partition coefficient (Wildman–Crippen LogP) is 12.0. The molecule has 2 saturated carbocycles. The fourth-order valence-electron chi connectivity index (χ4n) is 8.61. The third-order valence-corrected chi connectivity index (χ3v) is 12.3. The standard InChI is InChI=1S/C51H70O8/c1-4-50(52)56-34-12-8-6-10-32-54-46-26-22-44(23-27-46)42-18-14-40(15-19-42)37-58-48-30-31-49(39(3)36-48)59-38-41-16-20-43(21-17-41)45-24-28-47(29-25-45)55-33-11-7-9-13-35-57-51(53)5-2/h4-5,22,24-31,36,40-44H,1-2,6-21,23,32-35,37-38H2,3H3. The summed E-state index contributed by atoms with van der Waals surface area (Å²) in [5.41, 5.74) is 2.55. The van der Waals surface area contributed by atoms with E-state index in [4.69, 9.17) is 28.4 Å². The van der Waals surface area contributed by atoms with Crippen LogP contribution >= 0.6 is 0 Å². The van der Waals surface area contributed by atoms with E-state index in [1.54, 1.807) is 0 Å². The van der Waals surface area contributed by atoms with E-state index in [9.17, 15) is 9.59 Å². The summed E-state index contributed by atoms with van der Waals surface area (Å²) >= 11 is 0. The molecular weight excluding hydrogens is 741 g/mol. The Balaban J connectivity index is 0.888. The number of carbonyl (C=O) groups is 2. The lowest BCUT2D eigenvalue weighted by molar-refractivity contribution is -0.138. The van der Waals surface area contributed by atoms with Crippen molar-refractivity contribution < 1.29 is 38.0 Å². The number of rotatable bonds is 26. The van der Waals surface area contributed by atoms with Gasteiger partial charge >= 0.3 is 11.9 Å². The molecule has 322 valence electrons. The summed E-state index contributed by atoms with van der Waals surface area (Å²) in [5, 5.41) is 0. The maximum Gasteiger partial charge on any atom is 0.330 e. The third-order valence-electron chi connectivity index (χ3n) is 12.3. The molecule has 0 amide bonds. The summed E-state index contributed by atoms with van der Waals surface area (Å²) in [6, 6.07) is 15.0. The molecule has 0 spiro atoms. The number of aryl methyl sites for hydroxylation is 1. The minimum absolute atomic E-state index is 0.348. The molecule has 0 aliphatic heterocycles. The summed E-state index contributed by atoms with van der Waals surface area (Å²) < 4.78 is 34.7. The van der Waals surface area contributed by atoms with Crippen molar-refractivity contribution in [1.82, 2.24) is 0 Å². The van der Waals surface area contributed by atoms with E-state index >= 15 is 0 Å². The maximum absolute atomic E-state index is 11.1. The summed E-state index contributed by atoms with van der Waals surface area (Å²) in [6.07, 6.45) is 27.9. The van der Waals surface area contributed by atoms with Crippen molar-refractivity contribution in [3.63, 3.8) is 0 Å². The highest BCUT2D eigenvalue weighted by Crippen LogP contribution is 2.39. The van der Waals surface area contributed by atoms with Gasteiger partial charge in [0.2, 0.25) is 0 Å². The van der Waals surface area contributed by atoms with Crippen molar-refractivity contribution in [1.29, 1.82) is 0 Å². The monoisotopic (exact) mass is 811 g/mol. The van der Waals surface area contributed by atoms with Gasteiger partial charge in [-0.2, -0.15) is 0 Å². The van der Waals surface area contributed by atoms with Crippen molar-refractivity contribution in [2.45, 2.75) is 122 Å². The highest BCUT2D eigenvalue weighted by Gasteiger charge is 2.28. The number of carbonyl (C=O) groups excluding carboxylic acids is 2. The second-order valence-corrected chi connectivity index (χ2v) is 16.8. The topological polar surface area (TPSA) is 89.5 Å². The van der Waals surface area contributed by atoms with Crippen LogP contribution in [0.2, 0.25) is 0 Å². The Kier molecular flexibility index (Phi) is 20.0. The lowest BCUT2D eigenvalue weighted by Crippen LogP contribution is -2.24. The lowest BCUT2D eigenvalue weighted by atomic mass is 9.74. The largest absolute Gasteiger partial charge is 0.494 e. The molecule has 3 aliphatic rings. The van der Waals surface area contributed by atoms with Crippen LogP contribution in [0.3, 0.4) is 0 Å². The number of esters is 2. The first-order valence-corrected chi connectivity index (χ1v) is 22.6. The van der Waals surface area contributed by atoms with Crippen molar-refractivity contribution in [2.75, 3.05) is 39.6 Å². The van der Waals surface area contributed by atoms with Gasteiger partial charge in [0.1, 0.15) is 23.0 Å². The summed E-state index contributed by atoms with van der Waals surface area (Å²) in [5.74, 6) is 6.27. The van der Waals surface area contributed by atoms with Gasteiger partial charge in [-0.3, -0.25) is 0 Å². The van der Waals surface area contributed by atoms with Crippen LogP contribution in [0.25, 0.3) is 0 Å². The minimum atomic E-state index is -0.352. The molecule has 0 heterocycles. The molecule has 3 aliphatic carbocycles. The molecule has 2 aromatic rings. The van der Waals surface area contributed by atoms with E-state index < -0.39 is 0 Å². The Morgan fingerprint density at radius 3 is 1.76 bits per heavy atom. The Labute approximate surface area is 354 Å². The van der Waals surface area contributed by atoms with Gasteiger partial charge in [0, 0.05) is 12.2 Å². The van der Waals surface area contributed by atoms with Gasteiger partial charge in [-0.15, -0.1) is 0 Å². The van der Waals surface area contributed by atoms with E-state index in [2.05, 4.69) is 80.8 Å². The number of ether oxygens (including phenoxy) is 6. The zero-order chi connectivity index (χ0) is 41.5. The highest BCUT2D eigenvalue weighted by atomic mass is 16.5. The number of allylic oxidation sites excluding steroid dienone is 3. The van der Waals surface area contributed by atoms with Gasteiger partial charge in [0.15, 0.2) is 0 Å². The Bertz CT molecular complexity index is 1630. The van der Waals surface area contributed by atoms with Crippen LogP contribution in [0, 0.1) is 30.6 Å². The maximum atomic E-state index is 11.1. The van der Waals surface area contributed by atoms with E-state index in [-0.39, 0.29) is 11.9 Å². The molecular formula is C51H70O8. The molecule has 8 nitrogen and oxygen atoms in total. The van der Waals surface area contributed by atoms with Crippen molar-refractivity contribution in [3.05, 3.63) is 103 Å². The van der Waals surface area contributed by atoms with E-state index in [0.29, 0.717) is 43.5 Å². The number of hydrogen-bond donors (Lipinski definition) is 0. The molecule has 1 atom stereocenters. The van der Waals surface area contributed by atoms with Gasteiger partial charge < -0.3 is 28.4 Å². The predicted molar refractivity (Wildman–Crippen MR) is 235 cm³/mol. The summed E-state index contributed by atoms with van der Waals surface area (Å²) in [4.78, 5) is 22.2. The first kappa shape index (κ1) is 45.6. The van der Waals surface area contributed by atoms with Crippen LogP contribution in [0.1, 0.15) is 126 Å². The van der Waals surface area contributed by atoms with Crippen LogP contribution in [0.4, 0.5) is 0 Å². The molecule has 5 rings (SSSR count). The van der Waals surface area contributed by atoms with E-state index in [1.807, 2.05) is 0 Å². The first-order valence-electron chi connectivity index (χ1n) is 22.6. The Hall–Kier alpha value is -4.46. The van der Waals surface area contributed by atoms with Crippen molar-refractivity contribution in [3.8, 4) is 17.2 Å². The fraction of sp³-hybridized carbons (Fsp3) is 0.569. The van der Waals surface area contributed by atoms with Gasteiger partial charge in [-0.25, -0.2) is 9.59 Å². The number of hydrogen-bond acceptors (Lipinski definition) is 8. The third kappa shape index (κ3) is 16.6. The molecule has 0 saturated heterocycles. The normalized spacial score (nSPS) is 21.4. The molecule has 2 aromatic carbocycles. The molecule has 1 unspecified atom stereocenters. The quantitative estimate of drug-likeness (QED) is 0.0527. The SMILES string of the molecule is C=CC(=O)OCCCCCCOC1=CCC(C2CCC(COc3ccc(OCC4CCC(c5ccc(OCCCCCCOC(=O)C=C)cc5)CC4)c(C)c3)CC2)C=C1. The zero-order valence-corrected chi connectivity index (χ0v) is 35.8. The van der Waals surface area contributed by atoms with Gasteiger partial charge in [-0.1, -0.05) is 31.4 Å². The number of benzene rings is 2. The Morgan fingerprint density at radius 2 is 1.19 bits per heavy atom. The van der Waals surface area contributed by atoms with Crippen molar-refractivity contribution >= 4 is 11.9 Å². The second-order valence-electron chi connectivity index (χ2n) is 16.8. The average Bonchev–Trinajstić information content (AvgIpc) is 3.27. The Morgan fingerprint density at radius 1 is 0.627 bits per heavy atom. The fourth-order valence-corrected chi connectivity index (χ4v) is 8.61. The van der Waals surface area contributed by atoms with Crippen LogP contribution in [-0.4, -0.2) is 51.6 Å². The smallest absolute Gasteiger partial charge is 0.330 e. The molecule has 59 heavy (non-hydrogen) atoms. The second kappa shape index (κ2) is 25.9. The van der Waals surface area contributed by atoms with Crippen LogP contribution in [0.15, 0.2) is 91.8 Å². The zero-order valence-electron chi connectivity index (χ0n) is 35.8. The summed E-state index contributed by atoms with van der Waals surface area (Å²) in [6.45, 7) is 12.8. The van der Waals surface area contributed by atoms with E-state index in [0.717, 1.165) is 112 Å². The lowest BCUT2D eigenvalue weighted by Gasteiger charge is -2.33. The van der Waals surface area contributed by atoms with Gasteiger partial charge in [0.25, 0.3) is 0 Å². The number of unbranched alkanes of at least 4 members (excludes halogenated alkanes) is 6. The highest BCUT2D eigenvalue weighted by molar-refractivity contribution is 5.81.